The molecule has 0 saturated heterocycles. The van der Waals surface area contributed by atoms with E-state index in [1.165, 1.54) is 6.07 Å². The van der Waals surface area contributed by atoms with Gasteiger partial charge in [0.15, 0.2) is 0 Å². The molecule has 0 spiro atoms. The first-order chi connectivity index (χ1) is 5.70. The van der Waals surface area contributed by atoms with E-state index >= 15 is 0 Å². The fourth-order valence-electron chi connectivity index (χ4n) is 1.67. The van der Waals surface area contributed by atoms with Crippen molar-refractivity contribution in [3.8, 4) is 0 Å². The van der Waals surface area contributed by atoms with Gasteiger partial charge in [-0.05, 0) is 18.1 Å². The zero-order valence-corrected chi connectivity index (χ0v) is 6.50. The Morgan fingerprint density at radius 1 is 1.50 bits per heavy atom. The maximum atomic E-state index is 13.1. The lowest BCUT2D eigenvalue weighted by Crippen LogP contribution is -2.24. The van der Waals surface area contributed by atoms with E-state index in [1.807, 2.05) is 0 Å². The van der Waals surface area contributed by atoms with Gasteiger partial charge in [0.2, 0.25) is 0 Å². The number of hydrogen-bond donors (Lipinski definition) is 2. The number of aliphatic hydroxyl groups is 1. The number of benzene rings is 1. The summed E-state index contributed by atoms with van der Waals surface area (Å²) in [5, 5.41) is 9.47. The molecular formula is C9H10FNO. The second-order valence-electron chi connectivity index (χ2n) is 3.13. The first-order valence-corrected chi connectivity index (χ1v) is 3.91. The van der Waals surface area contributed by atoms with Gasteiger partial charge in [0.05, 0.1) is 6.10 Å². The Labute approximate surface area is 69.8 Å². The van der Waals surface area contributed by atoms with Gasteiger partial charge in [-0.2, -0.15) is 0 Å². The van der Waals surface area contributed by atoms with Crippen LogP contribution in [0.5, 0.6) is 0 Å². The Kier molecular flexibility index (Phi) is 1.63. The quantitative estimate of drug-likeness (QED) is 0.598. The number of halogens is 1. The molecule has 3 N–H and O–H groups in total. The summed E-state index contributed by atoms with van der Waals surface area (Å²) in [6, 6.07) is 4.44. The van der Waals surface area contributed by atoms with Crippen molar-refractivity contribution < 1.29 is 9.50 Å². The molecule has 0 heterocycles. The number of aliphatic hydroxyl groups excluding tert-OH is 1. The van der Waals surface area contributed by atoms with Crippen LogP contribution < -0.4 is 5.73 Å². The molecule has 2 atom stereocenters. The Hall–Kier alpha value is -0.930. The van der Waals surface area contributed by atoms with E-state index in [9.17, 15) is 9.50 Å². The van der Waals surface area contributed by atoms with Crippen LogP contribution in [0.3, 0.4) is 0 Å². The van der Waals surface area contributed by atoms with E-state index in [-0.39, 0.29) is 11.9 Å². The number of fused-ring (bicyclic) bond motifs is 1. The lowest BCUT2D eigenvalue weighted by molar-refractivity contribution is 0.155. The molecule has 0 fully saturated rings. The summed E-state index contributed by atoms with van der Waals surface area (Å²) in [5.74, 6) is -0.354. The molecule has 0 saturated carbocycles. The minimum atomic E-state index is -0.832. The molecule has 2 nitrogen and oxygen atoms in total. The molecule has 0 aliphatic heterocycles. The van der Waals surface area contributed by atoms with E-state index in [4.69, 9.17) is 5.73 Å². The van der Waals surface area contributed by atoms with Gasteiger partial charge in [-0.3, -0.25) is 0 Å². The molecule has 12 heavy (non-hydrogen) atoms. The van der Waals surface area contributed by atoms with Gasteiger partial charge in [0.1, 0.15) is 5.82 Å². The highest BCUT2D eigenvalue weighted by Crippen LogP contribution is 2.31. The van der Waals surface area contributed by atoms with Crippen molar-refractivity contribution in [2.24, 2.45) is 5.73 Å². The van der Waals surface area contributed by atoms with Gasteiger partial charge >= 0.3 is 0 Å². The van der Waals surface area contributed by atoms with Crippen molar-refractivity contribution in [1.29, 1.82) is 0 Å². The van der Waals surface area contributed by atoms with Crippen molar-refractivity contribution >= 4 is 0 Å². The average Bonchev–Trinajstić information content (AvgIpc) is 2.29. The van der Waals surface area contributed by atoms with Gasteiger partial charge in [0, 0.05) is 11.6 Å². The molecule has 0 amide bonds. The Bertz CT molecular complexity index is 313. The smallest absolute Gasteiger partial charge is 0.129 e. The molecule has 1 aliphatic rings. The fraction of sp³-hybridized carbons (Fsp3) is 0.333. The third kappa shape index (κ3) is 0.940. The van der Waals surface area contributed by atoms with Crippen LogP contribution in [0.15, 0.2) is 18.2 Å². The second kappa shape index (κ2) is 2.54. The molecule has 1 aromatic carbocycles. The molecule has 2 rings (SSSR count). The van der Waals surface area contributed by atoms with E-state index in [0.29, 0.717) is 12.0 Å². The third-order valence-electron chi connectivity index (χ3n) is 2.30. The highest BCUT2D eigenvalue weighted by atomic mass is 19.1. The molecule has 1 aliphatic carbocycles. The minimum absolute atomic E-state index is 0.350. The van der Waals surface area contributed by atoms with E-state index < -0.39 is 6.10 Å². The maximum Gasteiger partial charge on any atom is 0.129 e. The summed E-state index contributed by atoms with van der Waals surface area (Å²) in [5.41, 5.74) is 6.79. The molecule has 0 bridgehead atoms. The molecule has 0 aromatic heterocycles. The van der Waals surface area contributed by atoms with Crippen LogP contribution in [-0.4, -0.2) is 11.1 Å². The van der Waals surface area contributed by atoms with E-state index in [2.05, 4.69) is 0 Å². The second-order valence-corrected chi connectivity index (χ2v) is 3.13. The van der Waals surface area contributed by atoms with Crippen LogP contribution in [0.4, 0.5) is 4.39 Å². The third-order valence-corrected chi connectivity index (χ3v) is 2.30. The highest BCUT2D eigenvalue weighted by Gasteiger charge is 2.30. The Balaban J connectivity index is 2.55. The Morgan fingerprint density at radius 2 is 2.25 bits per heavy atom. The number of hydrogen-bond acceptors (Lipinski definition) is 2. The standard InChI is InChI=1S/C9H10FNO/c10-6-3-1-2-5-4-7(11)9(12)8(5)6/h1-3,7,9,12H,4,11H2/t7-,9-/m0/s1. The van der Waals surface area contributed by atoms with Crippen LogP contribution in [-0.2, 0) is 6.42 Å². The van der Waals surface area contributed by atoms with Crippen molar-refractivity contribution in [1.82, 2.24) is 0 Å². The van der Waals surface area contributed by atoms with Crippen molar-refractivity contribution in [3.05, 3.63) is 35.1 Å². The summed E-state index contributed by atoms with van der Waals surface area (Å²) in [6.07, 6.45) is -0.268. The number of nitrogens with two attached hydrogens (primary N) is 1. The monoisotopic (exact) mass is 167 g/mol. The van der Waals surface area contributed by atoms with Crippen LogP contribution in [0.2, 0.25) is 0 Å². The van der Waals surface area contributed by atoms with Crippen molar-refractivity contribution in [2.45, 2.75) is 18.6 Å². The summed E-state index contributed by atoms with van der Waals surface area (Å²) in [7, 11) is 0. The first kappa shape index (κ1) is 7.71. The Morgan fingerprint density at radius 3 is 2.92 bits per heavy atom. The normalized spacial score (nSPS) is 27.2. The lowest BCUT2D eigenvalue weighted by atomic mass is 10.1. The van der Waals surface area contributed by atoms with Gasteiger partial charge in [-0.15, -0.1) is 0 Å². The molecule has 0 unspecified atom stereocenters. The zero-order valence-electron chi connectivity index (χ0n) is 6.50. The van der Waals surface area contributed by atoms with E-state index in [1.54, 1.807) is 12.1 Å². The van der Waals surface area contributed by atoms with Crippen LogP contribution in [0.1, 0.15) is 17.2 Å². The largest absolute Gasteiger partial charge is 0.387 e. The summed E-state index contributed by atoms with van der Waals surface area (Å²) in [6.45, 7) is 0. The molecule has 64 valence electrons. The summed E-state index contributed by atoms with van der Waals surface area (Å²) >= 11 is 0. The predicted molar refractivity (Wildman–Crippen MR) is 43.0 cm³/mol. The topological polar surface area (TPSA) is 46.2 Å². The summed E-state index contributed by atoms with van der Waals surface area (Å²) < 4.78 is 13.1. The van der Waals surface area contributed by atoms with Crippen molar-refractivity contribution in [3.63, 3.8) is 0 Å². The van der Waals surface area contributed by atoms with Crippen LogP contribution in [0, 0.1) is 5.82 Å². The lowest BCUT2D eigenvalue weighted by Gasteiger charge is -2.08. The minimum Gasteiger partial charge on any atom is -0.387 e. The highest BCUT2D eigenvalue weighted by molar-refractivity contribution is 5.36. The van der Waals surface area contributed by atoms with Gasteiger partial charge in [-0.1, -0.05) is 12.1 Å². The molecule has 1 aromatic rings. The van der Waals surface area contributed by atoms with Crippen LogP contribution in [0.25, 0.3) is 0 Å². The van der Waals surface area contributed by atoms with E-state index in [0.717, 1.165) is 5.56 Å². The zero-order chi connectivity index (χ0) is 8.72. The first-order valence-electron chi connectivity index (χ1n) is 3.91. The predicted octanol–water partition coefficient (Wildman–Crippen LogP) is 0.743. The maximum absolute atomic E-state index is 13.1. The molecule has 3 heteroatoms. The molecular weight excluding hydrogens is 157 g/mol. The fourth-order valence-corrected chi connectivity index (χ4v) is 1.67. The van der Waals surface area contributed by atoms with Gasteiger partial charge in [0.25, 0.3) is 0 Å². The van der Waals surface area contributed by atoms with Gasteiger partial charge in [-0.25, -0.2) is 4.39 Å². The van der Waals surface area contributed by atoms with Gasteiger partial charge < -0.3 is 10.8 Å². The average molecular weight is 167 g/mol. The molecule has 0 radical (unpaired) electrons. The SMILES string of the molecule is N[C@H]1Cc2cccc(F)c2[C@H]1O. The number of rotatable bonds is 0. The van der Waals surface area contributed by atoms with Crippen LogP contribution >= 0.6 is 0 Å². The van der Waals surface area contributed by atoms with Crippen molar-refractivity contribution in [2.75, 3.05) is 0 Å². The summed E-state index contributed by atoms with van der Waals surface area (Å²) in [4.78, 5) is 0.